The highest BCUT2D eigenvalue weighted by Gasteiger charge is 2.47. The average Bonchev–Trinajstić information content (AvgIpc) is 3.09. The lowest BCUT2D eigenvalue weighted by atomic mass is 9.88. The molecule has 3 rings (SSSR count). The van der Waals surface area contributed by atoms with Crippen molar-refractivity contribution in [2.45, 2.75) is 6.42 Å². The molecule has 2 aromatic carbocycles. The molecule has 5 nitrogen and oxygen atoms in total. The lowest BCUT2D eigenvalue weighted by molar-refractivity contribution is -0.149. The van der Waals surface area contributed by atoms with Crippen molar-refractivity contribution in [1.29, 1.82) is 0 Å². The van der Waals surface area contributed by atoms with E-state index in [1.54, 1.807) is 0 Å². The topological polar surface area (TPSA) is 66.8 Å². The molecule has 0 aromatic heterocycles. The van der Waals surface area contributed by atoms with E-state index in [2.05, 4.69) is 0 Å². The highest BCUT2D eigenvalue weighted by Crippen LogP contribution is 2.33. The second kappa shape index (κ2) is 7.30. The Kier molecular flexibility index (Phi) is 5.07. The Morgan fingerprint density at radius 2 is 1.81 bits per heavy atom. The van der Waals surface area contributed by atoms with Crippen LogP contribution in [0.2, 0.25) is 0 Å². The van der Waals surface area contributed by atoms with Gasteiger partial charge in [0.05, 0.1) is 0 Å². The van der Waals surface area contributed by atoms with Crippen LogP contribution in [0.4, 0.5) is 13.2 Å². The van der Waals surface area contributed by atoms with Crippen molar-refractivity contribution in [3.05, 3.63) is 65.5 Å². The number of halogens is 3. The number of carboxylic acid groups (broad SMARTS) is 1. The van der Waals surface area contributed by atoms with E-state index in [1.807, 2.05) is 0 Å². The molecule has 1 amide bonds. The van der Waals surface area contributed by atoms with Gasteiger partial charge in [0, 0.05) is 18.7 Å². The number of carboxylic acids is 1. The summed E-state index contributed by atoms with van der Waals surface area (Å²) >= 11 is 0. The van der Waals surface area contributed by atoms with Gasteiger partial charge in [-0.2, -0.15) is 4.39 Å². The molecule has 0 radical (unpaired) electrons. The van der Waals surface area contributed by atoms with Crippen molar-refractivity contribution in [3.8, 4) is 5.75 Å². The molecule has 1 atom stereocenters. The van der Waals surface area contributed by atoms with Gasteiger partial charge in [0.1, 0.15) is 17.8 Å². The molecule has 1 N–H and O–H groups in total. The zero-order valence-corrected chi connectivity index (χ0v) is 14.1. The van der Waals surface area contributed by atoms with E-state index in [-0.39, 0.29) is 30.8 Å². The Hall–Kier alpha value is -3.03. The summed E-state index contributed by atoms with van der Waals surface area (Å²) in [6, 6.07) is 8.29. The third-order valence-electron chi connectivity index (χ3n) is 4.61. The van der Waals surface area contributed by atoms with Crippen LogP contribution in [-0.2, 0) is 4.79 Å². The standard InChI is InChI=1S/C19H16F3NO4/c20-13-6-4-12(5-7-13)17(24)23-9-8-19(10-23,18(25)26)11-27-15-3-1-2-14(21)16(15)22/h1-7H,8-11H2,(H,25,26). The summed E-state index contributed by atoms with van der Waals surface area (Å²) in [6.07, 6.45) is 0.0895. The number of benzene rings is 2. The SMILES string of the molecule is O=C(c1ccc(F)cc1)N1CCC(COc2cccc(F)c2F)(C(=O)O)C1. The third kappa shape index (κ3) is 3.74. The largest absolute Gasteiger partial charge is 0.489 e. The van der Waals surface area contributed by atoms with E-state index >= 15 is 0 Å². The average molecular weight is 379 g/mol. The van der Waals surface area contributed by atoms with Gasteiger partial charge in [0.2, 0.25) is 5.82 Å². The predicted octanol–water partition coefficient (Wildman–Crippen LogP) is 3.10. The Labute approximate surface area is 153 Å². The molecule has 1 fully saturated rings. The second-order valence-corrected chi connectivity index (χ2v) is 6.41. The zero-order valence-electron chi connectivity index (χ0n) is 14.1. The number of nitrogens with zero attached hydrogens (tertiary/aromatic N) is 1. The maximum atomic E-state index is 13.7. The normalized spacial score (nSPS) is 19.1. The van der Waals surface area contributed by atoms with Crippen LogP contribution in [0, 0.1) is 22.9 Å². The van der Waals surface area contributed by atoms with E-state index in [0.717, 1.165) is 18.2 Å². The van der Waals surface area contributed by atoms with Crippen LogP contribution in [0.3, 0.4) is 0 Å². The number of carbonyl (C=O) groups is 2. The molecule has 1 heterocycles. The van der Waals surface area contributed by atoms with Crippen molar-refractivity contribution in [2.24, 2.45) is 5.41 Å². The third-order valence-corrected chi connectivity index (χ3v) is 4.61. The maximum absolute atomic E-state index is 13.7. The first kappa shape index (κ1) is 18.8. The summed E-state index contributed by atoms with van der Waals surface area (Å²) in [7, 11) is 0. The van der Waals surface area contributed by atoms with Gasteiger partial charge in [-0.05, 0) is 42.8 Å². The molecule has 1 aliphatic heterocycles. The molecule has 1 unspecified atom stereocenters. The van der Waals surface area contributed by atoms with E-state index in [9.17, 15) is 27.9 Å². The van der Waals surface area contributed by atoms with Crippen LogP contribution in [0.1, 0.15) is 16.8 Å². The monoisotopic (exact) mass is 379 g/mol. The highest BCUT2D eigenvalue weighted by atomic mass is 19.2. The predicted molar refractivity (Wildman–Crippen MR) is 88.8 cm³/mol. The molecule has 8 heteroatoms. The smallest absolute Gasteiger partial charge is 0.315 e. The first-order valence-corrected chi connectivity index (χ1v) is 8.17. The summed E-state index contributed by atoms with van der Waals surface area (Å²) in [5.41, 5.74) is -1.22. The number of hydrogen-bond acceptors (Lipinski definition) is 3. The second-order valence-electron chi connectivity index (χ2n) is 6.41. The summed E-state index contributed by atoms with van der Waals surface area (Å²) in [6.45, 7) is -0.428. The van der Waals surface area contributed by atoms with Crippen LogP contribution >= 0.6 is 0 Å². The number of rotatable bonds is 5. The van der Waals surface area contributed by atoms with E-state index in [0.29, 0.717) is 0 Å². The van der Waals surface area contributed by atoms with Crippen molar-refractivity contribution in [1.82, 2.24) is 4.90 Å². The van der Waals surface area contributed by atoms with Crippen molar-refractivity contribution >= 4 is 11.9 Å². The van der Waals surface area contributed by atoms with Gasteiger partial charge < -0.3 is 14.7 Å². The van der Waals surface area contributed by atoms with Crippen LogP contribution in [0.15, 0.2) is 42.5 Å². The van der Waals surface area contributed by atoms with Crippen molar-refractivity contribution in [3.63, 3.8) is 0 Å². The molecule has 0 aliphatic carbocycles. The number of hydrogen-bond donors (Lipinski definition) is 1. The summed E-state index contributed by atoms with van der Waals surface area (Å²) in [4.78, 5) is 25.6. The molecule has 1 aliphatic rings. The first-order chi connectivity index (χ1) is 12.8. The Balaban J connectivity index is 1.74. The molecule has 27 heavy (non-hydrogen) atoms. The zero-order chi connectivity index (χ0) is 19.6. The van der Waals surface area contributed by atoms with Gasteiger partial charge in [-0.15, -0.1) is 0 Å². The summed E-state index contributed by atoms with van der Waals surface area (Å²) in [5, 5.41) is 9.64. The van der Waals surface area contributed by atoms with Crippen molar-refractivity contribution in [2.75, 3.05) is 19.7 Å². The highest BCUT2D eigenvalue weighted by molar-refractivity contribution is 5.95. The molecule has 0 saturated carbocycles. The summed E-state index contributed by atoms with van der Waals surface area (Å²) < 4.78 is 45.2. The lowest BCUT2D eigenvalue weighted by Crippen LogP contribution is -2.41. The van der Waals surface area contributed by atoms with Gasteiger partial charge in [-0.1, -0.05) is 6.07 Å². The first-order valence-electron chi connectivity index (χ1n) is 8.17. The number of aliphatic carboxylic acids is 1. The fourth-order valence-electron chi connectivity index (χ4n) is 2.99. The van der Waals surface area contributed by atoms with E-state index in [1.165, 1.54) is 29.2 Å². The van der Waals surface area contributed by atoms with Crippen LogP contribution in [-0.4, -0.2) is 41.6 Å². The fourth-order valence-corrected chi connectivity index (χ4v) is 2.99. The van der Waals surface area contributed by atoms with E-state index < -0.39 is 41.4 Å². The van der Waals surface area contributed by atoms with Crippen molar-refractivity contribution < 1.29 is 32.6 Å². The molecular weight excluding hydrogens is 363 g/mol. The molecule has 0 spiro atoms. The molecule has 0 bridgehead atoms. The van der Waals surface area contributed by atoms with Crippen LogP contribution in [0.25, 0.3) is 0 Å². The maximum Gasteiger partial charge on any atom is 0.315 e. The minimum absolute atomic E-state index is 0.0895. The van der Waals surface area contributed by atoms with Crippen LogP contribution in [0.5, 0.6) is 5.75 Å². The molecule has 142 valence electrons. The lowest BCUT2D eigenvalue weighted by Gasteiger charge is -2.25. The Bertz CT molecular complexity index is 872. The fraction of sp³-hybridized carbons (Fsp3) is 0.263. The van der Waals surface area contributed by atoms with Gasteiger partial charge >= 0.3 is 5.97 Å². The molecule has 1 saturated heterocycles. The Morgan fingerprint density at radius 3 is 2.48 bits per heavy atom. The Morgan fingerprint density at radius 1 is 1.11 bits per heavy atom. The quantitative estimate of drug-likeness (QED) is 0.867. The minimum atomic E-state index is -1.45. The van der Waals surface area contributed by atoms with Gasteiger partial charge in [0.25, 0.3) is 5.91 Å². The molecule has 2 aromatic rings. The number of likely N-dealkylation sites (tertiary alicyclic amines) is 1. The van der Waals surface area contributed by atoms with Gasteiger partial charge in [-0.25, -0.2) is 8.78 Å². The summed E-state index contributed by atoms with van der Waals surface area (Å²) in [5.74, 6) is -4.81. The number of amides is 1. The van der Waals surface area contributed by atoms with E-state index in [4.69, 9.17) is 4.74 Å². The van der Waals surface area contributed by atoms with Crippen LogP contribution < -0.4 is 4.74 Å². The van der Waals surface area contributed by atoms with Gasteiger partial charge in [-0.3, -0.25) is 9.59 Å². The number of ether oxygens (including phenoxy) is 1. The minimum Gasteiger partial charge on any atom is -0.489 e. The van der Waals surface area contributed by atoms with Gasteiger partial charge in [0.15, 0.2) is 11.6 Å². The number of carbonyl (C=O) groups excluding carboxylic acids is 1. The molecular formula is C19H16F3NO4.